The average molecular weight is 331 g/mol. The van der Waals surface area contributed by atoms with Crippen molar-refractivity contribution in [2.45, 2.75) is 39.2 Å². The van der Waals surface area contributed by atoms with Crippen molar-refractivity contribution < 1.29 is 14.3 Å². The number of likely N-dealkylation sites (N-methyl/N-ethyl adjacent to an activating group) is 1. The molecule has 7 heteroatoms. The third-order valence-corrected chi connectivity index (χ3v) is 3.48. The third kappa shape index (κ3) is 4.65. The molecule has 7 nitrogen and oxygen atoms in total. The number of benzene rings is 1. The molecule has 0 saturated carbocycles. The summed E-state index contributed by atoms with van der Waals surface area (Å²) in [6, 6.07) is 7.09. The number of esters is 1. The summed E-state index contributed by atoms with van der Waals surface area (Å²) < 4.78 is 5.05. The van der Waals surface area contributed by atoms with E-state index in [2.05, 4.69) is 15.3 Å². The molecular weight excluding hydrogens is 310 g/mol. The van der Waals surface area contributed by atoms with Gasteiger partial charge in [0, 0.05) is 19.4 Å². The Hall–Kier alpha value is -2.70. The first kappa shape index (κ1) is 17.7. The van der Waals surface area contributed by atoms with Crippen LogP contribution in [0.15, 0.2) is 29.1 Å². The van der Waals surface area contributed by atoms with Crippen LogP contribution in [0.5, 0.6) is 0 Å². The summed E-state index contributed by atoms with van der Waals surface area (Å²) in [5.41, 5.74) is 0.437. The number of nitrogens with zero attached hydrogens (tertiary/aromatic N) is 1. The second kappa shape index (κ2) is 8.24. The van der Waals surface area contributed by atoms with Crippen LogP contribution in [0.1, 0.15) is 32.5 Å². The Morgan fingerprint density at radius 3 is 2.83 bits per heavy atom. The van der Waals surface area contributed by atoms with E-state index >= 15 is 0 Å². The van der Waals surface area contributed by atoms with E-state index in [9.17, 15) is 14.4 Å². The topological polar surface area (TPSA) is 101 Å². The number of ether oxygens (including phenoxy) is 1. The van der Waals surface area contributed by atoms with Gasteiger partial charge >= 0.3 is 5.97 Å². The van der Waals surface area contributed by atoms with Crippen LogP contribution in [-0.4, -0.2) is 34.5 Å². The standard InChI is InChI=1S/C17H21N3O4/c1-3-18-16(22)11(2)24-15(21)10-6-9-14-19-13-8-5-4-7-12(13)17(23)20-14/h4-5,7-8,11H,3,6,9-10H2,1-2H3,(H,18,22)(H,19,20,23)/t11-/m1/s1. The lowest BCUT2D eigenvalue weighted by molar-refractivity contribution is -0.154. The number of nitrogens with one attached hydrogen (secondary N) is 2. The summed E-state index contributed by atoms with van der Waals surface area (Å²) >= 11 is 0. The Bertz CT molecular complexity index is 785. The van der Waals surface area contributed by atoms with Crippen LogP contribution in [0.3, 0.4) is 0 Å². The number of aromatic amines is 1. The summed E-state index contributed by atoms with van der Waals surface area (Å²) in [5, 5.41) is 3.13. The molecule has 1 heterocycles. The van der Waals surface area contributed by atoms with Crippen molar-refractivity contribution in [3.63, 3.8) is 0 Å². The molecule has 0 unspecified atom stereocenters. The number of aryl methyl sites for hydroxylation is 1. The van der Waals surface area contributed by atoms with Gasteiger partial charge in [-0.1, -0.05) is 12.1 Å². The molecule has 0 aliphatic heterocycles. The molecule has 1 amide bonds. The smallest absolute Gasteiger partial charge is 0.306 e. The summed E-state index contributed by atoms with van der Waals surface area (Å²) in [7, 11) is 0. The van der Waals surface area contributed by atoms with E-state index in [0.717, 1.165) is 0 Å². The fraction of sp³-hybridized carbons (Fsp3) is 0.412. The van der Waals surface area contributed by atoms with Gasteiger partial charge in [0.1, 0.15) is 5.82 Å². The minimum absolute atomic E-state index is 0.153. The van der Waals surface area contributed by atoms with Crippen molar-refractivity contribution in [3.8, 4) is 0 Å². The summed E-state index contributed by atoms with van der Waals surface area (Å²) in [5.74, 6) is -0.230. The molecule has 2 aromatic rings. The first-order chi connectivity index (χ1) is 11.5. The SMILES string of the molecule is CCNC(=O)[C@@H](C)OC(=O)CCCc1nc2ccccc2c(=O)[nH]1. The maximum Gasteiger partial charge on any atom is 0.306 e. The number of rotatable bonds is 7. The summed E-state index contributed by atoms with van der Waals surface area (Å²) in [4.78, 5) is 42.3. The molecule has 24 heavy (non-hydrogen) atoms. The largest absolute Gasteiger partial charge is 0.453 e. The van der Waals surface area contributed by atoms with Gasteiger partial charge in [0.2, 0.25) is 0 Å². The van der Waals surface area contributed by atoms with E-state index in [1.165, 1.54) is 6.92 Å². The lowest BCUT2D eigenvalue weighted by Crippen LogP contribution is -2.35. The Labute approximate surface area is 139 Å². The lowest BCUT2D eigenvalue weighted by atomic mass is 10.2. The predicted molar refractivity (Wildman–Crippen MR) is 89.5 cm³/mol. The van der Waals surface area contributed by atoms with Crippen molar-refractivity contribution in [3.05, 3.63) is 40.4 Å². The Morgan fingerprint density at radius 2 is 2.08 bits per heavy atom. The number of hydrogen-bond acceptors (Lipinski definition) is 5. The number of carbonyl (C=O) groups is 2. The third-order valence-electron chi connectivity index (χ3n) is 3.48. The van der Waals surface area contributed by atoms with E-state index < -0.39 is 12.1 Å². The zero-order chi connectivity index (χ0) is 17.5. The Morgan fingerprint density at radius 1 is 1.33 bits per heavy atom. The van der Waals surface area contributed by atoms with Crippen LogP contribution in [-0.2, 0) is 20.7 Å². The molecule has 128 valence electrons. The maximum atomic E-state index is 11.9. The van der Waals surface area contributed by atoms with Gasteiger partial charge in [-0.2, -0.15) is 0 Å². The van der Waals surface area contributed by atoms with Gasteiger partial charge in [0.15, 0.2) is 6.10 Å². The molecular formula is C17H21N3O4. The van der Waals surface area contributed by atoms with E-state index in [0.29, 0.717) is 36.1 Å². The molecule has 1 aromatic carbocycles. The molecule has 2 rings (SSSR count). The number of para-hydroxylation sites is 1. The number of aromatic nitrogens is 2. The molecule has 0 bridgehead atoms. The maximum absolute atomic E-state index is 11.9. The van der Waals surface area contributed by atoms with Crippen LogP contribution in [0.4, 0.5) is 0 Å². The zero-order valence-electron chi connectivity index (χ0n) is 13.8. The second-order valence-corrected chi connectivity index (χ2v) is 5.41. The quantitative estimate of drug-likeness (QED) is 0.745. The first-order valence-electron chi connectivity index (χ1n) is 7.96. The fourth-order valence-corrected chi connectivity index (χ4v) is 2.28. The second-order valence-electron chi connectivity index (χ2n) is 5.41. The van der Waals surface area contributed by atoms with E-state index in [-0.39, 0.29) is 17.9 Å². The number of hydrogen-bond donors (Lipinski definition) is 2. The highest BCUT2D eigenvalue weighted by molar-refractivity contribution is 5.83. The van der Waals surface area contributed by atoms with Crippen LogP contribution in [0.2, 0.25) is 0 Å². The van der Waals surface area contributed by atoms with Gasteiger partial charge in [-0.3, -0.25) is 14.4 Å². The van der Waals surface area contributed by atoms with Crippen LogP contribution >= 0.6 is 0 Å². The van der Waals surface area contributed by atoms with Crippen LogP contribution in [0, 0.1) is 0 Å². The molecule has 0 radical (unpaired) electrons. The first-order valence-corrected chi connectivity index (χ1v) is 7.96. The van der Waals surface area contributed by atoms with Gasteiger partial charge in [-0.15, -0.1) is 0 Å². The van der Waals surface area contributed by atoms with E-state index in [1.807, 2.05) is 6.07 Å². The number of amides is 1. The van der Waals surface area contributed by atoms with Crippen molar-refractivity contribution in [2.24, 2.45) is 0 Å². The number of carbonyl (C=O) groups excluding carboxylic acids is 2. The highest BCUT2D eigenvalue weighted by Gasteiger charge is 2.16. The molecule has 0 spiro atoms. The highest BCUT2D eigenvalue weighted by Crippen LogP contribution is 2.08. The van der Waals surface area contributed by atoms with Gasteiger partial charge < -0.3 is 15.0 Å². The monoisotopic (exact) mass is 331 g/mol. The minimum atomic E-state index is -0.809. The van der Waals surface area contributed by atoms with Gasteiger partial charge in [-0.05, 0) is 32.4 Å². The lowest BCUT2D eigenvalue weighted by Gasteiger charge is -2.12. The summed E-state index contributed by atoms with van der Waals surface area (Å²) in [6.45, 7) is 3.82. The van der Waals surface area contributed by atoms with Crippen molar-refractivity contribution in [1.82, 2.24) is 15.3 Å². The van der Waals surface area contributed by atoms with E-state index in [4.69, 9.17) is 4.74 Å². The molecule has 0 aliphatic carbocycles. The summed E-state index contributed by atoms with van der Waals surface area (Å²) in [6.07, 6.45) is 0.267. The number of fused-ring (bicyclic) bond motifs is 1. The molecule has 2 N–H and O–H groups in total. The molecule has 0 saturated heterocycles. The predicted octanol–water partition coefficient (Wildman–Crippen LogP) is 1.31. The van der Waals surface area contributed by atoms with Gasteiger partial charge in [-0.25, -0.2) is 4.98 Å². The Balaban J connectivity index is 1.87. The molecule has 1 aromatic heterocycles. The molecule has 0 fully saturated rings. The minimum Gasteiger partial charge on any atom is -0.453 e. The van der Waals surface area contributed by atoms with Crippen molar-refractivity contribution >= 4 is 22.8 Å². The molecule has 1 atom stereocenters. The van der Waals surface area contributed by atoms with Crippen molar-refractivity contribution in [1.29, 1.82) is 0 Å². The van der Waals surface area contributed by atoms with Crippen molar-refractivity contribution in [2.75, 3.05) is 6.54 Å². The van der Waals surface area contributed by atoms with Crippen LogP contribution in [0.25, 0.3) is 10.9 Å². The zero-order valence-corrected chi connectivity index (χ0v) is 13.8. The number of H-pyrrole nitrogens is 1. The fourth-order valence-electron chi connectivity index (χ4n) is 2.28. The molecule has 0 aliphatic rings. The van der Waals surface area contributed by atoms with Gasteiger partial charge in [0.05, 0.1) is 10.9 Å². The van der Waals surface area contributed by atoms with Gasteiger partial charge in [0.25, 0.3) is 11.5 Å². The van der Waals surface area contributed by atoms with Crippen LogP contribution < -0.4 is 10.9 Å². The Kier molecular flexibility index (Phi) is 6.06. The van der Waals surface area contributed by atoms with E-state index in [1.54, 1.807) is 25.1 Å². The average Bonchev–Trinajstić information content (AvgIpc) is 2.55. The normalized spacial score (nSPS) is 11.9. The highest BCUT2D eigenvalue weighted by atomic mass is 16.5.